The maximum Gasteiger partial charge on any atom is 0.238 e. The molecular formula is C16H19ClN2OS. The van der Waals surface area contributed by atoms with Crippen LogP contribution in [0.15, 0.2) is 35.7 Å². The molecule has 1 N–H and O–H groups in total. The Bertz CT molecular complexity index is 598. The Kier molecular flexibility index (Phi) is 5.79. The van der Waals surface area contributed by atoms with Gasteiger partial charge in [0.2, 0.25) is 5.91 Å². The van der Waals surface area contributed by atoms with E-state index in [2.05, 4.69) is 28.6 Å². The number of hydrogen-bond donors (Lipinski definition) is 1. The molecule has 2 rings (SSSR count). The first-order valence-electron chi connectivity index (χ1n) is 6.89. The SMILES string of the molecule is CCN(CC(=O)Nc1cc(Cl)ccc1C)Cc1cccs1. The number of hydrogen-bond acceptors (Lipinski definition) is 3. The van der Waals surface area contributed by atoms with Crippen LogP contribution in [0.2, 0.25) is 5.02 Å². The number of halogens is 1. The third-order valence-corrected chi connectivity index (χ3v) is 4.34. The minimum Gasteiger partial charge on any atom is -0.325 e. The molecule has 1 amide bonds. The van der Waals surface area contributed by atoms with Gasteiger partial charge >= 0.3 is 0 Å². The average Bonchev–Trinajstić information content (AvgIpc) is 2.95. The Morgan fingerprint density at radius 1 is 1.38 bits per heavy atom. The summed E-state index contributed by atoms with van der Waals surface area (Å²) in [5, 5.41) is 5.61. The van der Waals surface area contributed by atoms with Crippen LogP contribution in [0.1, 0.15) is 17.4 Å². The molecule has 0 aliphatic heterocycles. The van der Waals surface area contributed by atoms with Crippen LogP contribution in [0.25, 0.3) is 0 Å². The van der Waals surface area contributed by atoms with E-state index in [1.165, 1.54) is 4.88 Å². The third kappa shape index (κ3) is 4.84. The molecule has 112 valence electrons. The van der Waals surface area contributed by atoms with Crippen LogP contribution in [0.5, 0.6) is 0 Å². The monoisotopic (exact) mass is 322 g/mol. The molecule has 1 heterocycles. The lowest BCUT2D eigenvalue weighted by Crippen LogP contribution is -2.32. The number of rotatable bonds is 6. The second-order valence-electron chi connectivity index (χ2n) is 4.89. The minimum absolute atomic E-state index is 0.0150. The fraction of sp³-hybridized carbons (Fsp3) is 0.312. The Hall–Kier alpha value is -1.36. The van der Waals surface area contributed by atoms with E-state index in [4.69, 9.17) is 11.6 Å². The van der Waals surface area contributed by atoms with Gasteiger partial charge in [-0.25, -0.2) is 0 Å². The molecule has 0 aliphatic carbocycles. The fourth-order valence-electron chi connectivity index (χ4n) is 2.02. The van der Waals surface area contributed by atoms with E-state index in [1.807, 2.05) is 25.1 Å². The Balaban J connectivity index is 1.95. The highest BCUT2D eigenvalue weighted by Gasteiger charge is 2.11. The highest BCUT2D eigenvalue weighted by atomic mass is 35.5. The molecule has 21 heavy (non-hydrogen) atoms. The molecule has 5 heteroatoms. The fourth-order valence-corrected chi connectivity index (χ4v) is 2.94. The van der Waals surface area contributed by atoms with Crippen molar-refractivity contribution in [2.24, 2.45) is 0 Å². The number of carbonyl (C=O) groups is 1. The Labute approximate surface area is 134 Å². The van der Waals surface area contributed by atoms with Gasteiger partial charge in [-0.1, -0.05) is 30.7 Å². The quantitative estimate of drug-likeness (QED) is 0.865. The van der Waals surface area contributed by atoms with Crippen LogP contribution in [0, 0.1) is 6.92 Å². The normalized spacial score (nSPS) is 10.9. The average molecular weight is 323 g/mol. The highest BCUT2D eigenvalue weighted by molar-refractivity contribution is 7.09. The number of benzene rings is 1. The largest absolute Gasteiger partial charge is 0.325 e. The van der Waals surface area contributed by atoms with Crippen LogP contribution in [-0.4, -0.2) is 23.9 Å². The molecule has 1 aromatic carbocycles. The van der Waals surface area contributed by atoms with Crippen LogP contribution in [0.4, 0.5) is 5.69 Å². The first-order chi connectivity index (χ1) is 10.1. The molecule has 3 nitrogen and oxygen atoms in total. The van der Waals surface area contributed by atoms with Crippen molar-refractivity contribution in [2.75, 3.05) is 18.4 Å². The summed E-state index contributed by atoms with van der Waals surface area (Å²) in [5.41, 5.74) is 1.79. The van der Waals surface area contributed by atoms with Gasteiger partial charge in [0.25, 0.3) is 0 Å². The number of amides is 1. The summed E-state index contributed by atoms with van der Waals surface area (Å²) in [6, 6.07) is 9.63. The molecule has 0 fully saturated rings. The molecular weight excluding hydrogens is 304 g/mol. The second kappa shape index (κ2) is 7.59. The van der Waals surface area contributed by atoms with E-state index in [0.717, 1.165) is 24.3 Å². The van der Waals surface area contributed by atoms with Crippen LogP contribution in [0.3, 0.4) is 0 Å². The first-order valence-corrected chi connectivity index (χ1v) is 8.15. The number of nitrogens with one attached hydrogen (secondary N) is 1. The first kappa shape index (κ1) is 16.0. The second-order valence-corrected chi connectivity index (χ2v) is 6.36. The van der Waals surface area contributed by atoms with Gasteiger partial charge in [-0.05, 0) is 42.6 Å². The van der Waals surface area contributed by atoms with Crippen molar-refractivity contribution in [1.29, 1.82) is 0 Å². The summed E-state index contributed by atoms with van der Waals surface area (Å²) >= 11 is 7.68. The molecule has 1 aromatic heterocycles. The third-order valence-electron chi connectivity index (χ3n) is 3.25. The zero-order chi connectivity index (χ0) is 15.2. The lowest BCUT2D eigenvalue weighted by Gasteiger charge is -2.19. The number of anilines is 1. The van der Waals surface area contributed by atoms with Crippen molar-refractivity contribution in [2.45, 2.75) is 20.4 Å². The summed E-state index contributed by atoms with van der Waals surface area (Å²) in [6.07, 6.45) is 0. The van der Waals surface area contributed by atoms with Crippen molar-refractivity contribution >= 4 is 34.5 Å². The molecule has 0 unspecified atom stereocenters. The van der Waals surface area contributed by atoms with Gasteiger partial charge in [0.1, 0.15) is 0 Å². The van der Waals surface area contributed by atoms with Crippen LogP contribution < -0.4 is 5.32 Å². The summed E-state index contributed by atoms with van der Waals surface area (Å²) in [7, 11) is 0. The van der Waals surface area contributed by atoms with Crippen molar-refractivity contribution in [1.82, 2.24) is 4.90 Å². The van der Waals surface area contributed by atoms with Crippen molar-refractivity contribution in [3.05, 3.63) is 51.2 Å². The topological polar surface area (TPSA) is 32.3 Å². The van der Waals surface area contributed by atoms with Gasteiger partial charge in [0.05, 0.1) is 6.54 Å². The molecule has 2 aromatic rings. The van der Waals surface area contributed by atoms with Gasteiger partial charge in [0, 0.05) is 22.1 Å². The lowest BCUT2D eigenvalue weighted by atomic mass is 10.2. The van der Waals surface area contributed by atoms with E-state index in [-0.39, 0.29) is 5.91 Å². The Morgan fingerprint density at radius 3 is 2.86 bits per heavy atom. The van der Waals surface area contributed by atoms with E-state index < -0.39 is 0 Å². The van der Waals surface area contributed by atoms with E-state index in [0.29, 0.717) is 11.6 Å². The molecule has 0 atom stereocenters. The standard InChI is InChI=1S/C16H19ClN2OS/c1-3-19(10-14-5-4-8-21-14)11-16(20)18-15-9-13(17)7-6-12(15)2/h4-9H,3,10-11H2,1-2H3,(H,18,20). The van der Waals surface area contributed by atoms with E-state index >= 15 is 0 Å². The molecule has 0 saturated heterocycles. The van der Waals surface area contributed by atoms with Gasteiger partial charge in [-0.15, -0.1) is 11.3 Å². The van der Waals surface area contributed by atoms with E-state index in [1.54, 1.807) is 17.4 Å². The highest BCUT2D eigenvalue weighted by Crippen LogP contribution is 2.20. The van der Waals surface area contributed by atoms with Gasteiger partial charge in [-0.2, -0.15) is 0 Å². The summed E-state index contributed by atoms with van der Waals surface area (Å²) in [4.78, 5) is 15.6. The number of likely N-dealkylation sites (N-methyl/N-ethyl adjacent to an activating group) is 1. The molecule has 0 bridgehead atoms. The molecule has 0 saturated carbocycles. The predicted molar refractivity (Wildman–Crippen MR) is 90.1 cm³/mol. The summed E-state index contributed by atoms with van der Waals surface area (Å²) in [6.45, 7) is 6.02. The van der Waals surface area contributed by atoms with Crippen molar-refractivity contribution in [3.63, 3.8) is 0 Å². The summed E-state index contributed by atoms with van der Waals surface area (Å²) in [5.74, 6) is -0.0150. The smallest absolute Gasteiger partial charge is 0.238 e. The minimum atomic E-state index is -0.0150. The number of aryl methyl sites for hydroxylation is 1. The zero-order valence-electron chi connectivity index (χ0n) is 12.2. The van der Waals surface area contributed by atoms with Crippen LogP contribution >= 0.6 is 22.9 Å². The van der Waals surface area contributed by atoms with Gasteiger partial charge in [0.15, 0.2) is 0 Å². The van der Waals surface area contributed by atoms with Crippen molar-refractivity contribution in [3.8, 4) is 0 Å². The zero-order valence-corrected chi connectivity index (χ0v) is 13.8. The van der Waals surface area contributed by atoms with Crippen LogP contribution in [-0.2, 0) is 11.3 Å². The molecule has 0 spiro atoms. The number of thiophene rings is 1. The maximum atomic E-state index is 12.2. The number of nitrogens with zero attached hydrogens (tertiary/aromatic N) is 1. The summed E-state index contributed by atoms with van der Waals surface area (Å²) < 4.78 is 0. The maximum absolute atomic E-state index is 12.2. The molecule has 0 radical (unpaired) electrons. The van der Waals surface area contributed by atoms with E-state index in [9.17, 15) is 4.79 Å². The predicted octanol–water partition coefficient (Wildman–Crippen LogP) is 4.17. The van der Waals surface area contributed by atoms with Gasteiger partial charge < -0.3 is 5.32 Å². The van der Waals surface area contributed by atoms with Crippen molar-refractivity contribution < 1.29 is 4.79 Å². The Morgan fingerprint density at radius 2 is 2.19 bits per heavy atom. The van der Waals surface area contributed by atoms with Gasteiger partial charge in [-0.3, -0.25) is 9.69 Å². The molecule has 0 aliphatic rings. The number of carbonyl (C=O) groups excluding carboxylic acids is 1. The lowest BCUT2D eigenvalue weighted by molar-refractivity contribution is -0.117.